The number of thiocarbonyl (C=S) groups is 1. The van der Waals surface area contributed by atoms with Gasteiger partial charge in [-0.1, -0.05) is 18.2 Å². The van der Waals surface area contributed by atoms with E-state index in [-0.39, 0.29) is 11.9 Å². The second-order valence-corrected chi connectivity index (χ2v) is 7.15. The van der Waals surface area contributed by atoms with E-state index in [1.807, 2.05) is 54.3 Å². The Balaban J connectivity index is 1.65. The maximum Gasteiger partial charge on any atom is 0.227 e. The highest BCUT2D eigenvalue weighted by Crippen LogP contribution is 2.28. The van der Waals surface area contributed by atoms with Crippen molar-refractivity contribution in [1.82, 2.24) is 5.32 Å². The van der Waals surface area contributed by atoms with E-state index in [4.69, 9.17) is 17.0 Å². The molecular weight excluding hydrogens is 358 g/mol. The SMILES string of the molecule is COc1ccc([C@@H](C)NC(=S)Nc2ccc(C)c(N3CCCC3=O)c2)cc1. The second kappa shape index (κ2) is 8.39. The van der Waals surface area contributed by atoms with Gasteiger partial charge in [0.1, 0.15) is 5.75 Å². The van der Waals surface area contributed by atoms with Gasteiger partial charge in [-0.2, -0.15) is 0 Å². The van der Waals surface area contributed by atoms with Crippen molar-refractivity contribution in [3.05, 3.63) is 53.6 Å². The molecule has 0 saturated carbocycles. The summed E-state index contributed by atoms with van der Waals surface area (Å²) in [6.45, 7) is 4.85. The topological polar surface area (TPSA) is 53.6 Å². The van der Waals surface area contributed by atoms with Crippen molar-refractivity contribution < 1.29 is 9.53 Å². The standard InChI is InChI=1S/C21H25N3O2S/c1-14-6-9-17(13-19(14)24-12-4-5-20(24)25)23-21(27)22-15(2)16-7-10-18(26-3)11-8-16/h6-11,13,15H,4-5,12H2,1-3H3,(H2,22,23,27)/t15-/m1/s1. The van der Waals surface area contributed by atoms with Crippen LogP contribution in [0.25, 0.3) is 0 Å². The number of benzene rings is 2. The molecule has 0 spiro atoms. The van der Waals surface area contributed by atoms with Gasteiger partial charge in [0.05, 0.1) is 13.2 Å². The number of aryl methyl sites for hydroxylation is 1. The largest absolute Gasteiger partial charge is 0.497 e. The summed E-state index contributed by atoms with van der Waals surface area (Å²) in [5.74, 6) is 1.01. The minimum atomic E-state index is 0.0565. The first-order valence-electron chi connectivity index (χ1n) is 9.10. The molecule has 2 aromatic rings. The predicted octanol–water partition coefficient (Wildman–Crippen LogP) is 4.18. The average Bonchev–Trinajstić information content (AvgIpc) is 3.09. The summed E-state index contributed by atoms with van der Waals surface area (Å²) in [7, 11) is 1.65. The van der Waals surface area contributed by atoms with Crippen LogP contribution in [-0.4, -0.2) is 24.7 Å². The third-order valence-corrected chi connectivity index (χ3v) is 5.01. The van der Waals surface area contributed by atoms with E-state index in [1.165, 1.54) is 0 Å². The first kappa shape index (κ1) is 19.2. The molecule has 0 bridgehead atoms. The van der Waals surface area contributed by atoms with E-state index >= 15 is 0 Å². The number of carbonyl (C=O) groups excluding carboxylic acids is 1. The highest BCUT2D eigenvalue weighted by molar-refractivity contribution is 7.80. The van der Waals surface area contributed by atoms with Gasteiger partial charge in [-0.25, -0.2) is 0 Å². The molecule has 3 rings (SSSR count). The molecule has 0 aromatic heterocycles. The number of amides is 1. The summed E-state index contributed by atoms with van der Waals surface area (Å²) in [4.78, 5) is 13.9. The number of ether oxygens (including phenoxy) is 1. The maximum atomic E-state index is 12.1. The predicted molar refractivity (Wildman–Crippen MR) is 114 cm³/mol. The van der Waals surface area contributed by atoms with Crippen LogP contribution in [0.3, 0.4) is 0 Å². The summed E-state index contributed by atoms with van der Waals surface area (Å²) in [5, 5.41) is 7.06. The lowest BCUT2D eigenvalue weighted by Gasteiger charge is -2.21. The van der Waals surface area contributed by atoms with Crippen LogP contribution in [-0.2, 0) is 4.79 Å². The van der Waals surface area contributed by atoms with Crippen LogP contribution in [0.4, 0.5) is 11.4 Å². The van der Waals surface area contributed by atoms with Gasteiger partial charge < -0.3 is 20.3 Å². The molecule has 0 unspecified atom stereocenters. The van der Waals surface area contributed by atoms with Crippen LogP contribution in [0.15, 0.2) is 42.5 Å². The number of nitrogens with one attached hydrogen (secondary N) is 2. The Labute approximate surface area is 165 Å². The van der Waals surface area contributed by atoms with Crippen molar-refractivity contribution in [3.63, 3.8) is 0 Å². The van der Waals surface area contributed by atoms with Gasteiger partial charge in [0, 0.05) is 24.3 Å². The molecule has 1 saturated heterocycles. The molecule has 2 aromatic carbocycles. The van der Waals surface area contributed by atoms with Gasteiger partial charge >= 0.3 is 0 Å². The van der Waals surface area contributed by atoms with Crippen LogP contribution in [0.1, 0.15) is 36.9 Å². The van der Waals surface area contributed by atoms with Crippen molar-refractivity contribution in [3.8, 4) is 5.75 Å². The molecule has 5 nitrogen and oxygen atoms in total. The first-order valence-corrected chi connectivity index (χ1v) is 9.51. The zero-order valence-electron chi connectivity index (χ0n) is 15.9. The van der Waals surface area contributed by atoms with Crippen LogP contribution in [0.5, 0.6) is 5.75 Å². The Morgan fingerprint density at radius 2 is 1.96 bits per heavy atom. The third-order valence-electron chi connectivity index (χ3n) is 4.79. The lowest BCUT2D eigenvalue weighted by molar-refractivity contribution is -0.117. The normalized spacial score (nSPS) is 14.8. The Hall–Kier alpha value is -2.60. The number of hydrogen-bond acceptors (Lipinski definition) is 3. The van der Waals surface area contributed by atoms with E-state index < -0.39 is 0 Å². The fourth-order valence-corrected chi connectivity index (χ4v) is 3.52. The molecule has 0 radical (unpaired) electrons. The summed E-state index contributed by atoms with van der Waals surface area (Å²) < 4.78 is 5.19. The third kappa shape index (κ3) is 4.57. The van der Waals surface area contributed by atoms with Gasteiger partial charge in [0.15, 0.2) is 5.11 Å². The number of methoxy groups -OCH3 is 1. The quantitative estimate of drug-likeness (QED) is 0.759. The highest BCUT2D eigenvalue weighted by Gasteiger charge is 2.23. The molecule has 2 N–H and O–H groups in total. The Bertz CT molecular complexity index is 836. The Kier molecular flexibility index (Phi) is 5.96. The highest BCUT2D eigenvalue weighted by atomic mass is 32.1. The summed E-state index contributed by atoms with van der Waals surface area (Å²) >= 11 is 5.47. The van der Waals surface area contributed by atoms with E-state index in [0.29, 0.717) is 11.5 Å². The van der Waals surface area contributed by atoms with Crippen LogP contribution in [0.2, 0.25) is 0 Å². The fourth-order valence-electron chi connectivity index (χ4n) is 3.22. The lowest BCUT2D eigenvalue weighted by Crippen LogP contribution is -2.31. The van der Waals surface area contributed by atoms with Gasteiger partial charge in [0.25, 0.3) is 0 Å². The van der Waals surface area contributed by atoms with E-state index in [2.05, 4.69) is 17.6 Å². The lowest BCUT2D eigenvalue weighted by atomic mass is 10.1. The van der Waals surface area contributed by atoms with Crippen LogP contribution in [0, 0.1) is 6.92 Å². The second-order valence-electron chi connectivity index (χ2n) is 6.74. The van der Waals surface area contributed by atoms with Gasteiger partial charge in [-0.15, -0.1) is 0 Å². The van der Waals surface area contributed by atoms with Gasteiger partial charge in [-0.05, 0) is 67.9 Å². The van der Waals surface area contributed by atoms with E-state index in [9.17, 15) is 4.79 Å². The minimum absolute atomic E-state index is 0.0565. The van der Waals surface area contributed by atoms with Crippen molar-refractivity contribution in [2.75, 3.05) is 23.9 Å². The molecule has 1 aliphatic rings. The molecule has 0 aliphatic carbocycles. The smallest absolute Gasteiger partial charge is 0.227 e. The number of anilines is 2. The van der Waals surface area contributed by atoms with Gasteiger partial charge in [-0.3, -0.25) is 4.79 Å². The van der Waals surface area contributed by atoms with E-state index in [1.54, 1.807) is 7.11 Å². The Morgan fingerprint density at radius 1 is 1.22 bits per heavy atom. The number of hydrogen-bond donors (Lipinski definition) is 2. The van der Waals surface area contributed by atoms with Gasteiger partial charge in [0.2, 0.25) is 5.91 Å². The number of carbonyl (C=O) groups is 1. The molecular formula is C21H25N3O2S. The molecule has 1 amide bonds. The van der Waals surface area contributed by atoms with Crippen molar-refractivity contribution in [2.45, 2.75) is 32.7 Å². The molecule has 27 heavy (non-hydrogen) atoms. The minimum Gasteiger partial charge on any atom is -0.497 e. The van der Waals surface area contributed by atoms with E-state index in [0.717, 1.165) is 41.2 Å². The summed E-state index contributed by atoms with van der Waals surface area (Å²) in [5.41, 5.74) is 4.02. The average molecular weight is 384 g/mol. The fraction of sp³-hybridized carbons (Fsp3) is 0.333. The molecule has 1 atom stereocenters. The van der Waals surface area contributed by atoms with Crippen LogP contribution >= 0.6 is 12.2 Å². The zero-order valence-corrected chi connectivity index (χ0v) is 16.7. The zero-order chi connectivity index (χ0) is 19.4. The molecule has 6 heteroatoms. The maximum absolute atomic E-state index is 12.1. The molecule has 142 valence electrons. The molecule has 1 aliphatic heterocycles. The Morgan fingerprint density at radius 3 is 2.59 bits per heavy atom. The monoisotopic (exact) mass is 383 g/mol. The van der Waals surface area contributed by atoms with Crippen molar-refractivity contribution in [1.29, 1.82) is 0 Å². The van der Waals surface area contributed by atoms with Crippen molar-refractivity contribution in [2.24, 2.45) is 0 Å². The first-order chi connectivity index (χ1) is 13.0. The molecule has 1 heterocycles. The van der Waals surface area contributed by atoms with Crippen molar-refractivity contribution >= 4 is 34.6 Å². The number of rotatable bonds is 5. The summed E-state index contributed by atoms with van der Waals surface area (Å²) in [6, 6.07) is 13.9. The molecule has 1 fully saturated rings. The number of nitrogens with zero attached hydrogens (tertiary/aromatic N) is 1. The van der Waals surface area contributed by atoms with Crippen LogP contribution < -0.4 is 20.3 Å². The summed E-state index contributed by atoms with van der Waals surface area (Å²) in [6.07, 6.45) is 1.53.